The van der Waals surface area contributed by atoms with Gasteiger partial charge in [0.15, 0.2) is 0 Å². The van der Waals surface area contributed by atoms with E-state index < -0.39 is 23.8 Å². The summed E-state index contributed by atoms with van der Waals surface area (Å²) in [6.07, 6.45) is 0. The Morgan fingerprint density at radius 2 is 1.52 bits per heavy atom. The van der Waals surface area contributed by atoms with Crippen molar-refractivity contribution in [3.63, 3.8) is 0 Å². The van der Waals surface area contributed by atoms with Gasteiger partial charge in [-0.05, 0) is 63.1 Å². The van der Waals surface area contributed by atoms with E-state index >= 15 is 0 Å². The second kappa shape index (κ2) is 11.3. The largest absolute Gasteiger partial charge is 0.370 e. The van der Waals surface area contributed by atoms with E-state index in [0.29, 0.717) is 0 Å². The summed E-state index contributed by atoms with van der Waals surface area (Å²) < 4.78 is 0. The number of nitrogens with zero attached hydrogens (tertiary/aromatic N) is 2. The summed E-state index contributed by atoms with van der Waals surface area (Å²) in [6, 6.07) is 14.6. The highest BCUT2D eigenvalue weighted by molar-refractivity contribution is 6.15. The molecule has 2 aliphatic rings. The molecule has 2 aromatic carbocycles. The molecular weight excluding hydrogens is 418 g/mol. The lowest BCUT2D eigenvalue weighted by molar-refractivity contribution is -0.134. The molecule has 0 unspecified atom stereocenters. The number of aryl methyl sites for hydroxylation is 3. The van der Waals surface area contributed by atoms with Gasteiger partial charge in [-0.25, -0.2) is 4.79 Å². The number of barbiturate groups is 1. The van der Waals surface area contributed by atoms with Gasteiger partial charge in [0.25, 0.3) is 0 Å². The Kier molecular flexibility index (Phi) is 8.73. The van der Waals surface area contributed by atoms with Crippen LogP contribution in [0.15, 0.2) is 47.5 Å². The third kappa shape index (κ3) is 6.65. The average Bonchev–Trinajstić information content (AvgIpc) is 3.27. The van der Waals surface area contributed by atoms with Gasteiger partial charge in [0.1, 0.15) is 11.8 Å². The number of anilines is 2. The molecule has 33 heavy (non-hydrogen) atoms. The molecule has 0 radical (unpaired) electrons. The first-order valence-corrected chi connectivity index (χ1v) is 10.6. The van der Waals surface area contributed by atoms with Crippen LogP contribution in [0.3, 0.4) is 0 Å². The maximum atomic E-state index is 10.6. The van der Waals surface area contributed by atoms with Crippen molar-refractivity contribution in [3.8, 4) is 0 Å². The van der Waals surface area contributed by atoms with Crippen molar-refractivity contribution in [1.29, 1.82) is 0 Å². The SMILES string of the molecule is C.CC1C(=O)NC(=O)NC1=O.Cc1ccc(N(CC2=NCCN2)c2ccc(C)c(C)c2)cc1. The Morgan fingerprint density at radius 3 is 2.06 bits per heavy atom. The van der Waals surface area contributed by atoms with Gasteiger partial charge in [0.05, 0.1) is 13.1 Å². The molecule has 0 atom stereocenters. The second-order valence-electron chi connectivity index (χ2n) is 7.97. The van der Waals surface area contributed by atoms with E-state index in [4.69, 9.17) is 0 Å². The van der Waals surface area contributed by atoms with E-state index in [1.165, 1.54) is 35.0 Å². The molecule has 8 nitrogen and oxygen atoms in total. The van der Waals surface area contributed by atoms with Gasteiger partial charge in [0, 0.05) is 17.9 Å². The minimum atomic E-state index is -0.766. The number of carbonyl (C=O) groups is 3. The van der Waals surface area contributed by atoms with E-state index in [9.17, 15) is 14.4 Å². The molecule has 1 fully saturated rings. The van der Waals surface area contributed by atoms with Gasteiger partial charge < -0.3 is 10.2 Å². The van der Waals surface area contributed by atoms with Crippen LogP contribution in [0.1, 0.15) is 31.0 Å². The van der Waals surface area contributed by atoms with Crippen molar-refractivity contribution in [2.75, 3.05) is 24.5 Å². The van der Waals surface area contributed by atoms with Gasteiger partial charge >= 0.3 is 6.03 Å². The van der Waals surface area contributed by atoms with E-state index in [2.05, 4.69) is 78.4 Å². The van der Waals surface area contributed by atoms with Crippen molar-refractivity contribution >= 4 is 35.1 Å². The van der Waals surface area contributed by atoms with Gasteiger partial charge in [0.2, 0.25) is 11.8 Å². The van der Waals surface area contributed by atoms with Gasteiger partial charge in [-0.15, -0.1) is 0 Å². The van der Waals surface area contributed by atoms with Crippen LogP contribution in [0.25, 0.3) is 0 Å². The Morgan fingerprint density at radius 1 is 0.909 bits per heavy atom. The first-order valence-electron chi connectivity index (χ1n) is 10.6. The van der Waals surface area contributed by atoms with Crippen molar-refractivity contribution in [1.82, 2.24) is 16.0 Å². The monoisotopic (exact) mass is 451 g/mol. The summed E-state index contributed by atoms with van der Waals surface area (Å²) in [4.78, 5) is 38.5. The number of rotatable bonds is 4. The Balaban J connectivity index is 0.000000297. The van der Waals surface area contributed by atoms with Gasteiger partial charge in [-0.3, -0.25) is 25.2 Å². The van der Waals surface area contributed by atoms with E-state index in [0.717, 1.165) is 25.5 Å². The minimum absolute atomic E-state index is 0. The highest BCUT2D eigenvalue weighted by Crippen LogP contribution is 2.27. The summed E-state index contributed by atoms with van der Waals surface area (Å²) in [5.74, 6) is -0.793. The molecule has 0 aromatic heterocycles. The zero-order chi connectivity index (χ0) is 23.3. The summed E-state index contributed by atoms with van der Waals surface area (Å²) in [5.41, 5.74) is 6.33. The van der Waals surface area contributed by atoms with Crippen molar-refractivity contribution in [3.05, 3.63) is 59.2 Å². The molecule has 4 rings (SSSR count). The Hall–Kier alpha value is -3.68. The molecule has 2 heterocycles. The predicted molar refractivity (Wildman–Crippen MR) is 132 cm³/mol. The van der Waals surface area contributed by atoms with Crippen molar-refractivity contribution in [2.45, 2.75) is 35.1 Å². The lowest BCUT2D eigenvalue weighted by Crippen LogP contribution is -2.54. The van der Waals surface area contributed by atoms with Crippen LogP contribution in [0.4, 0.5) is 16.2 Å². The normalized spacial score (nSPS) is 15.3. The lowest BCUT2D eigenvalue weighted by atomic mass is 10.1. The van der Waals surface area contributed by atoms with Crippen LogP contribution in [0.2, 0.25) is 0 Å². The summed E-state index contributed by atoms with van der Waals surface area (Å²) in [5, 5.41) is 7.27. The summed E-state index contributed by atoms with van der Waals surface area (Å²) in [7, 11) is 0. The molecule has 2 aliphatic heterocycles. The van der Waals surface area contributed by atoms with Crippen molar-refractivity contribution in [2.24, 2.45) is 10.9 Å². The standard InChI is InChI=1S/C19H23N3.C5H6N2O3.CH4/c1-14-4-7-17(8-5-14)22(13-19-20-10-11-21-19)18-9-6-15(2)16(3)12-18;1-2-3(8)6-5(10)7-4(2)9;/h4-9,12H,10-11,13H2,1-3H3,(H,20,21);2H,1H3,(H2,6,7,8,9,10);1H4. The third-order valence-electron chi connectivity index (χ3n) is 5.46. The Bertz CT molecular complexity index is 1030. The average molecular weight is 452 g/mol. The van der Waals surface area contributed by atoms with Crippen molar-refractivity contribution < 1.29 is 14.4 Å². The van der Waals surface area contributed by atoms with E-state index in [-0.39, 0.29) is 7.43 Å². The number of hydrogen-bond donors (Lipinski definition) is 3. The minimum Gasteiger partial charge on any atom is -0.370 e. The molecule has 0 aliphatic carbocycles. The fourth-order valence-electron chi connectivity index (χ4n) is 3.24. The first-order chi connectivity index (χ1) is 15.2. The van der Waals surface area contributed by atoms with Gasteiger partial charge in [-0.1, -0.05) is 31.2 Å². The van der Waals surface area contributed by atoms with E-state index in [1.54, 1.807) is 0 Å². The zero-order valence-electron chi connectivity index (χ0n) is 18.9. The number of nitrogens with one attached hydrogen (secondary N) is 3. The highest BCUT2D eigenvalue weighted by atomic mass is 16.2. The Labute approximate surface area is 195 Å². The molecule has 8 heteroatoms. The lowest BCUT2D eigenvalue weighted by Gasteiger charge is -2.26. The summed E-state index contributed by atoms with van der Waals surface area (Å²) >= 11 is 0. The molecule has 3 N–H and O–H groups in total. The van der Waals surface area contributed by atoms with E-state index in [1.807, 2.05) is 10.6 Å². The fourth-order valence-corrected chi connectivity index (χ4v) is 3.24. The number of amidine groups is 1. The van der Waals surface area contributed by atoms with Crippen LogP contribution < -0.4 is 20.9 Å². The molecule has 0 spiro atoms. The number of amides is 4. The molecule has 1 saturated heterocycles. The van der Waals surface area contributed by atoms with Crippen LogP contribution in [0.5, 0.6) is 0 Å². The number of aliphatic imine (C=N–C) groups is 1. The first kappa shape index (κ1) is 25.6. The number of imide groups is 2. The quantitative estimate of drug-likeness (QED) is 0.619. The molecular formula is C25H33N5O3. The smallest absolute Gasteiger partial charge is 0.328 e. The highest BCUT2D eigenvalue weighted by Gasteiger charge is 2.29. The van der Waals surface area contributed by atoms with Crippen LogP contribution in [-0.2, 0) is 9.59 Å². The number of carbonyl (C=O) groups excluding carboxylic acids is 3. The topological polar surface area (TPSA) is 103 Å². The maximum Gasteiger partial charge on any atom is 0.328 e. The third-order valence-corrected chi connectivity index (χ3v) is 5.46. The fraction of sp³-hybridized carbons (Fsp3) is 0.360. The molecule has 176 valence electrons. The van der Waals surface area contributed by atoms with Crippen LogP contribution >= 0.6 is 0 Å². The molecule has 2 aromatic rings. The predicted octanol–water partition coefficient (Wildman–Crippen LogP) is 3.38. The van der Waals surface area contributed by atoms with Gasteiger partial charge in [-0.2, -0.15) is 0 Å². The molecule has 0 saturated carbocycles. The number of urea groups is 1. The maximum absolute atomic E-state index is 10.6. The summed E-state index contributed by atoms with van der Waals surface area (Å²) in [6.45, 7) is 10.5. The molecule has 4 amide bonds. The number of benzene rings is 2. The van der Waals surface area contributed by atoms with Crippen LogP contribution in [0, 0.1) is 26.7 Å². The second-order valence-corrected chi connectivity index (χ2v) is 7.97. The van der Waals surface area contributed by atoms with Crippen LogP contribution in [-0.4, -0.2) is 43.3 Å². The molecule has 0 bridgehead atoms. The zero-order valence-corrected chi connectivity index (χ0v) is 18.9. The number of hydrogen-bond acceptors (Lipinski definition) is 6.